The number of halogens is 2. The van der Waals surface area contributed by atoms with Crippen molar-refractivity contribution in [3.63, 3.8) is 0 Å². The maximum atomic E-state index is 13.8. The van der Waals surface area contributed by atoms with Crippen LogP contribution in [0.4, 0.5) is 8.78 Å². The van der Waals surface area contributed by atoms with Crippen molar-refractivity contribution in [3.05, 3.63) is 66.0 Å². The molecule has 0 fully saturated rings. The Hall–Kier alpha value is -2.10. The van der Waals surface area contributed by atoms with Crippen LogP contribution < -0.4 is 0 Å². The minimum absolute atomic E-state index is 0.102. The molecular formula is C17H17F2NO. The molecule has 2 nitrogen and oxygen atoms in total. The Balaban J connectivity index is 1.85. The van der Waals surface area contributed by atoms with E-state index in [0.717, 1.165) is 5.56 Å². The van der Waals surface area contributed by atoms with Gasteiger partial charge in [0.05, 0.1) is 0 Å². The van der Waals surface area contributed by atoms with Gasteiger partial charge < -0.3 is 0 Å². The highest BCUT2D eigenvalue weighted by molar-refractivity contribution is 5.85. The van der Waals surface area contributed by atoms with Gasteiger partial charge in [-0.3, -0.25) is 9.78 Å². The molecule has 1 heterocycles. The molecule has 1 aromatic carbocycles. The summed E-state index contributed by atoms with van der Waals surface area (Å²) in [5.74, 6) is -4.28. The number of pyridine rings is 1. The molecule has 21 heavy (non-hydrogen) atoms. The van der Waals surface area contributed by atoms with Gasteiger partial charge >= 0.3 is 5.92 Å². The molecule has 0 radical (unpaired) electrons. The zero-order valence-electron chi connectivity index (χ0n) is 11.6. The standard InChI is InChI=1S/C17H17F2NO/c18-17(19,12-11-15-8-4-5-13-20-15)16(21)10-9-14-6-2-1-3-7-14/h1-8,13H,9-12H2. The Kier molecular flexibility index (Phi) is 5.14. The highest BCUT2D eigenvalue weighted by Crippen LogP contribution is 2.24. The van der Waals surface area contributed by atoms with Crippen LogP contribution in [0.3, 0.4) is 0 Å². The summed E-state index contributed by atoms with van der Waals surface area (Å²) in [6.45, 7) is 0. The number of benzene rings is 1. The van der Waals surface area contributed by atoms with Crippen LogP contribution in [0.25, 0.3) is 0 Å². The van der Waals surface area contributed by atoms with Crippen LogP contribution in [0.15, 0.2) is 54.7 Å². The fraction of sp³-hybridized carbons (Fsp3) is 0.294. The number of alkyl halides is 2. The van der Waals surface area contributed by atoms with Crippen molar-refractivity contribution in [1.29, 1.82) is 0 Å². The van der Waals surface area contributed by atoms with E-state index in [4.69, 9.17) is 0 Å². The lowest BCUT2D eigenvalue weighted by Crippen LogP contribution is -2.29. The lowest BCUT2D eigenvalue weighted by Gasteiger charge is -2.14. The summed E-state index contributed by atoms with van der Waals surface area (Å²) in [5.41, 5.74) is 1.47. The first-order chi connectivity index (χ1) is 10.1. The van der Waals surface area contributed by atoms with Crippen LogP contribution in [-0.2, 0) is 17.6 Å². The molecule has 0 N–H and O–H groups in total. The van der Waals surface area contributed by atoms with Crippen molar-refractivity contribution in [3.8, 4) is 0 Å². The average Bonchev–Trinajstić information content (AvgIpc) is 2.52. The molecular weight excluding hydrogens is 272 g/mol. The average molecular weight is 289 g/mol. The van der Waals surface area contributed by atoms with Gasteiger partial charge in [0.15, 0.2) is 0 Å². The zero-order chi connectivity index (χ0) is 15.1. The first-order valence-corrected chi connectivity index (χ1v) is 6.93. The number of nitrogens with zero attached hydrogens (tertiary/aromatic N) is 1. The third kappa shape index (κ3) is 4.74. The third-order valence-corrected chi connectivity index (χ3v) is 3.31. The molecule has 0 unspecified atom stereocenters. The minimum Gasteiger partial charge on any atom is -0.293 e. The molecule has 0 aliphatic rings. The summed E-state index contributed by atoms with van der Waals surface area (Å²) in [6.07, 6.45) is 1.38. The van der Waals surface area contributed by atoms with Gasteiger partial charge in [0.2, 0.25) is 5.78 Å². The summed E-state index contributed by atoms with van der Waals surface area (Å²) in [4.78, 5) is 15.7. The van der Waals surface area contributed by atoms with Gasteiger partial charge in [0.25, 0.3) is 0 Å². The fourth-order valence-electron chi connectivity index (χ4n) is 2.06. The van der Waals surface area contributed by atoms with Crippen LogP contribution in [0, 0.1) is 0 Å². The molecule has 0 bridgehead atoms. The molecule has 0 aliphatic heterocycles. The quantitative estimate of drug-likeness (QED) is 0.775. The Bertz CT molecular complexity index is 570. The first-order valence-electron chi connectivity index (χ1n) is 6.93. The van der Waals surface area contributed by atoms with E-state index < -0.39 is 18.1 Å². The number of carbonyl (C=O) groups excluding carboxylic acids is 1. The number of hydrogen-bond donors (Lipinski definition) is 0. The van der Waals surface area contributed by atoms with E-state index in [1.807, 2.05) is 30.3 Å². The van der Waals surface area contributed by atoms with E-state index in [2.05, 4.69) is 4.98 Å². The highest BCUT2D eigenvalue weighted by atomic mass is 19.3. The van der Waals surface area contributed by atoms with Gasteiger partial charge in [0, 0.05) is 24.7 Å². The SMILES string of the molecule is O=C(CCc1ccccc1)C(F)(F)CCc1ccccn1. The largest absolute Gasteiger partial charge is 0.305 e. The van der Waals surface area contributed by atoms with E-state index in [1.54, 1.807) is 24.4 Å². The second-order valence-electron chi connectivity index (χ2n) is 4.93. The maximum absolute atomic E-state index is 13.8. The monoisotopic (exact) mass is 289 g/mol. The van der Waals surface area contributed by atoms with Crippen molar-refractivity contribution >= 4 is 5.78 Å². The zero-order valence-corrected chi connectivity index (χ0v) is 11.6. The van der Waals surface area contributed by atoms with Crippen molar-refractivity contribution in [1.82, 2.24) is 4.98 Å². The fourth-order valence-corrected chi connectivity index (χ4v) is 2.06. The second kappa shape index (κ2) is 7.07. The number of Topliss-reactive ketones (excluding diaryl/α,β-unsaturated/α-hetero) is 1. The van der Waals surface area contributed by atoms with E-state index in [9.17, 15) is 13.6 Å². The Labute approximate surface area is 122 Å². The van der Waals surface area contributed by atoms with Crippen molar-refractivity contribution in [2.75, 3.05) is 0 Å². The summed E-state index contributed by atoms with van der Waals surface area (Å²) in [5, 5.41) is 0. The van der Waals surface area contributed by atoms with Gasteiger partial charge in [0.1, 0.15) is 0 Å². The van der Waals surface area contributed by atoms with E-state index in [1.165, 1.54) is 0 Å². The van der Waals surface area contributed by atoms with Crippen molar-refractivity contribution in [2.24, 2.45) is 0 Å². The van der Waals surface area contributed by atoms with Crippen LogP contribution in [0.5, 0.6) is 0 Å². The molecule has 4 heteroatoms. The minimum atomic E-state index is -3.29. The van der Waals surface area contributed by atoms with Crippen LogP contribution in [0.2, 0.25) is 0 Å². The molecule has 0 aliphatic carbocycles. The lowest BCUT2D eigenvalue weighted by molar-refractivity contribution is -0.143. The summed E-state index contributed by atoms with van der Waals surface area (Å²) >= 11 is 0. The molecule has 2 aromatic rings. The molecule has 0 saturated heterocycles. The van der Waals surface area contributed by atoms with Gasteiger partial charge in [-0.05, 0) is 30.5 Å². The van der Waals surface area contributed by atoms with Crippen molar-refractivity contribution < 1.29 is 13.6 Å². The van der Waals surface area contributed by atoms with Crippen LogP contribution in [-0.4, -0.2) is 16.7 Å². The second-order valence-corrected chi connectivity index (χ2v) is 4.93. The van der Waals surface area contributed by atoms with E-state index in [0.29, 0.717) is 12.1 Å². The summed E-state index contributed by atoms with van der Waals surface area (Å²) < 4.78 is 27.7. The normalized spacial score (nSPS) is 11.3. The number of rotatable bonds is 7. The van der Waals surface area contributed by atoms with E-state index in [-0.39, 0.29) is 12.8 Å². The number of ketones is 1. The molecule has 0 spiro atoms. The van der Waals surface area contributed by atoms with Crippen LogP contribution in [0.1, 0.15) is 24.1 Å². The molecule has 110 valence electrons. The predicted molar refractivity (Wildman–Crippen MR) is 77.3 cm³/mol. The van der Waals surface area contributed by atoms with Gasteiger partial charge in [-0.1, -0.05) is 36.4 Å². The predicted octanol–water partition coefficient (Wildman–Crippen LogP) is 3.85. The molecule has 2 rings (SSSR count). The van der Waals surface area contributed by atoms with Gasteiger partial charge in [-0.2, -0.15) is 8.78 Å². The van der Waals surface area contributed by atoms with Crippen molar-refractivity contribution in [2.45, 2.75) is 31.6 Å². The topological polar surface area (TPSA) is 30.0 Å². The third-order valence-electron chi connectivity index (χ3n) is 3.31. The summed E-state index contributed by atoms with van der Waals surface area (Å²) in [6, 6.07) is 14.3. The molecule has 0 saturated carbocycles. The number of hydrogen-bond acceptors (Lipinski definition) is 2. The smallest absolute Gasteiger partial charge is 0.293 e. The lowest BCUT2D eigenvalue weighted by atomic mass is 10.0. The maximum Gasteiger partial charge on any atom is 0.305 e. The number of aromatic nitrogens is 1. The summed E-state index contributed by atoms with van der Waals surface area (Å²) in [7, 11) is 0. The van der Waals surface area contributed by atoms with Gasteiger partial charge in [-0.15, -0.1) is 0 Å². The van der Waals surface area contributed by atoms with Gasteiger partial charge in [-0.25, -0.2) is 0 Å². The van der Waals surface area contributed by atoms with Crippen LogP contribution >= 0.6 is 0 Å². The number of aryl methyl sites for hydroxylation is 2. The Morgan fingerprint density at radius 2 is 1.71 bits per heavy atom. The Morgan fingerprint density at radius 3 is 2.38 bits per heavy atom. The van der Waals surface area contributed by atoms with E-state index >= 15 is 0 Å². The number of carbonyl (C=O) groups is 1. The molecule has 1 aromatic heterocycles. The molecule has 0 amide bonds. The highest BCUT2D eigenvalue weighted by Gasteiger charge is 2.37. The molecule has 0 atom stereocenters. The Morgan fingerprint density at radius 1 is 1.00 bits per heavy atom. The first kappa shape index (κ1) is 15.3.